The van der Waals surface area contributed by atoms with Gasteiger partial charge in [0.2, 0.25) is 0 Å². The van der Waals surface area contributed by atoms with Crippen LogP contribution in [0.4, 0.5) is 5.69 Å². The second-order valence-corrected chi connectivity index (χ2v) is 6.89. The summed E-state index contributed by atoms with van der Waals surface area (Å²) < 4.78 is 1.14. The van der Waals surface area contributed by atoms with E-state index in [1.807, 2.05) is 18.2 Å². The van der Waals surface area contributed by atoms with E-state index >= 15 is 0 Å². The van der Waals surface area contributed by atoms with E-state index < -0.39 is 0 Å². The van der Waals surface area contributed by atoms with Gasteiger partial charge in [0.25, 0.3) is 0 Å². The molecule has 1 aliphatic carbocycles. The fourth-order valence-corrected chi connectivity index (χ4v) is 3.53. The summed E-state index contributed by atoms with van der Waals surface area (Å²) in [7, 11) is 0. The summed E-state index contributed by atoms with van der Waals surface area (Å²) in [5, 5.41) is 4.82. The zero-order valence-electron chi connectivity index (χ0n) is 10.7. The maximum atomic E-state index is 6.18. The van der Waals surface area contributed by atoms with Crippen molar-refractivity contribution in [1.82, 2.24) is 0 Å². The third-order valence-electron chi connectivity index (χ3n) is 3.77. The molecule has 4 heteroatoms. The molecule has 0 saturated heterocycles. The fraction of sp³-hybridized carbons (Fsp3) is 0.250. The topological polar surface area (TPSA) is 12.0 Å². The van der Waals surface area contributed by atoms with Gasteiger partial charge in [0.1, 0.15) is 0 Å². The molecule has 2 aromatic rings. The average Bonchev–Trinajstić information content (AvgIpc) is 2.36. The average molecular weight is 371 g/mol. The summed E-state index contributed by atoms with van der Waals surface area (Å²) in [4.78, 5) is 0. The van der Waals surface area contributed by atoms with Crippen LogP contribution < -0.4 is 5.32 Å². The van der Waals surface area contributed by atoms with Gasteiger partial charge in [0.05, 0.1) is 15.7 Å². The van der Waals surface area contributed by atoms with Crippen molar-refractivity contribution < 1.29 is 0 Å². The highest BCUT2D eigenvalue weighted by Gasteiger charge is 2.30. The first-order chi connectivity index (χ1) is 9.63. The summed E-state index contributed by atoms with van der Waals surface area (Å²) in [6.45, 7) is 0. The number of hydrogen-bond donors (Lipinski definition) is 1. The number of rotatable bonds is 3. The summed E-state index contributed by atoms with van der Waals surface area (Å²) >= 11 is 15.9. The first-order valence-electron chi connectivity index (χ1n) is 6.59. The summed E-state index contributed by atoms with van der Waals surface area (Å²) in [6, 6.07) is 14.6. The SMILES string of the molecule is Clc1cccc(Cl)c1NC1CC(c2cccc(Br)c2)C1. The molecule has 0 spiro atoms. The molecule has 0 aromatic heterocycles. The predicted molar refractivity (Wildman–Crippen MR) is 90.0 cm³/mol. The molecule has 0 amide bonds. The molecule has 104 valence electrons. The van der Waals surface area contributed by atoms with Crippen molar-refractivity contribution >= 4 is 44.8 Å². The van der Waals surface area contributed by atoms with E-state index in [4.69, 9.17) is 23.2 Å². The second kappa shape index (κ2) is 5.97. The van der Waals surface area contributed by atoms with Gasteiger partial charge in [0, 0.05) is 10.5 Å². The van der Waals surface area contributed by atoms with Gasteiger partial charge >= 0.3 is 0 Å². The molecule has 1 fully saturated rings. The molecule has 20 heavy (non-hydrogen) atoms. The Morgan fingerprint density at radius 1 is 1.00 bits per heavy atom. The van der Waals surface area contributed by atoms with Crippen molar-refractivity contribution in [3.63, 3.8) is 0 Å². The third kappa shape index (κ3) is 2.98. The lowest BCUT2D eigenvalue weighted by Crippen LogP contribution is -2.34. The minimum atomic E-state index is 0.441. The molecule has 0 heterocycles. The monoisotopic (exact) mass is 369 g/mol. The fourth-order valence-electron chi connectivity index (χ4n) is 2.61. The minimum absolute atomic E-state index is 0.441. The number of benzene rings is 2. The first kappa shape index (κ1) is 14.2. The lowest BCUT2D eigenvalue weighted by Gasteiger charge is -2.37. The van der Waals surface area contributed by atoms with Crippen LogP contribution in [-0.2, 0) is 0 Å². The van der Waals surface area contributed by atoms with Crippen LogP contribution in [0.2, 0.25) is 10.0 Å². The Bertz CT molecular complexity index is 603. The van der Waals surface area contributed by atoms with Crippen LogP contribution in [0.3, 0.4) is 0 Å². The molecule has 0 unspecified atom stereocenters. The van der Waals surface area contributed by atoms with Gasteiger partial charge in [-0.15, -0.1) is 0 Å². The van der Waals surface area contributed by atoms with E-state index in [2.05, 4.69) is 45.5 Å². The molecule has 3 rings (SSSR count). The molecule has 1 N–H and O–H groups in total. The smallest absolute Gasteiger partial charge is 0.0721 e. The first-order valence-corrected chi connectivity index (χ1v) is 8.14. The van der Waals surface area contributed by atoms with Gasteiger partial charge in [-0.1, -0.05) is 57.3 Å². The molecule has 2 aromatic carbocycles. The Morgan fingerprint density at radius 3 is 2.30 bits per heavy atom. The molecule has 0 aliphatic heterocycles. The number of anilines is 1. The van der Waals surface area contributed by atoms with Crippen molar-refractivity contribution in [2.75, 3.05) is 5.32 Å². The molecule has 1 saturated carbocycles. The number of nitrogens with one attached hydrogen (secondary N) is 1. The van der Waals surface area contributed by atoms with Crippen LogP contribution in [-0.4, -0.2) is 6.04 Å². The Labute approximate surface area is 137 Å². The minimum Gasteiger partial charge on any atom is -0.380 e. The summed E-state index contributed by atoms with van der Waals surface area (Å²) in [5.74, 6) is 0.617. The van der Waals surface area contributed by atoms with Crippen molar-refractivity contribution in [2.24, 2.45) is 0 Å². The van der Waals surface area contributed by atoms with Crippen LogP contribution in [0.15, 0.2) is 46.9 Å². The van der Waals surface area contributed by atoms with Crippen molar-refractivity contribution in [3.8, 4) is 0 Å². The van der Waals surface area contributed by atoms with Gasteiger partial charge in [-0.25, -0.2) is 0 Å². The molecular weight excluding hydrogens is 357 g/mol. The van der Waals surface area contributed by atoms with Gasteiger partial charge < -0.3 is 5.32 Å². The third-order valence-corrected chi connectivity index (χ3v) is 4.89. The van der Waals surface area contributed by atoms with Gasteiger partial charge in [-0.05, 0) is 48.6 Å². The van der Waals surface area contributed by atoms with Gasteiger partial charge in [0.15, 0.2) is 0 Å². The Kier molecular flexibility index (Phi) is 4.25. The highest BCUT2D eigenvalue weighted by molar-refractivity contribution is 9.10. The van der Waals surface area contributed by atoms with Crippen molar-refractivity contribution in [1.29, 1.82) is 0 Å². The maximum Gasteiger partial charge on any atom is 0.0721 e. The van der Waals surface area contributed by atoms with Crippen molar-refractivity contribution in [2.45, 2.75) is 24.8 Å². The second-order valence-electron chi connectivity index (χ2n) is 5.16. The molecule has 0 radical (unpaired) electrons. The van der Waals surface area contributed by atoms with Crippen molar-refractivity contribution in [3.05, 3.63) is 62.5 Å². The predicted octanol–water partition coefficient (Wildman–Crippen LogP) is 6.11. The molecule has 1 nitrogen and oxygen atoms in total. The normalized spacial score (nSPS) is 21.4. The molecule has 0 atom stereocenters. The lowest BCUT2D eigenvalue weighted by molar-refractivity contribution is 0.374. The molecule has 1 aliphatic rings. The largest absolute Gasteiger partial charge is 0.380 e. The van der Waals surface area contributed by atoms with Gasteiger partial charge in [-0.2, -0.15) is 0 Å². The van der Waals surface area contributed by atoms with Crippen LogP contribution in [0.25, 0.3) is 0 Å². The highest BCUT2D eigenvalue weighted by Crippen LogP contribution is 2.41. The van der Waals surface area contributed by atoms with E-state index in [9.17, 15) is 0 Å². The quantitative estimate of drug-likeness (QED) is 0.686. The van der Waals surface area contributed by atoms with E-state index in [1.165, 1.54) is 5.56 Å². The van der Waals surface area contributed by atoms with Gasteiger partial charge in [-0.3, -0.25) is 0 Å². The Hall–Kier alpha value is -0.700. The van der Waals surface area contributed by atoms with Crippen LogP contribution in [0, 0.1) is 0 Å². The Balaban J connectivity index is 1.64. The van der Waals surface area contributed by atoms with E-state index in [0.29, 0.717) is 22.0 Å². The molecule has 0 bridgehead atoms. The number of hydrogen-bond acceptors (Lipinski definition) is 1. The maximum absolute atomic E-state index is 6.18. The summed E-state index contributed by atoms with van der Waals surface area (Å²) in [6.07, 6.45) is 2.22. The lowest BCUT2D eigenvalue weighted by atomic mass is 9.76. The molecular formula is C16H14BrCl2N. The van der Waals surface area contributed by atoms with E-state index in [1.54, 1.807) is 0 Å². The van der Waals surface area contributed by atoms with Crippen LogP contribution in [0.1, 0.15) is 24.3 Å². The standard InChI is InChI=1S/C16H14BrCl2N/c17-12-4-1-3-10(7-12)11-8-13(9-11)20-16-14(18)5-2-6-15(16)19/h1-7,11,13,20H,8-9H2. The zero-order chi connectivity index (χ0) is 14.1. The number of para-hydroxylation sites is 1. The Morgan fingerprint density at radius 2 is 1.65 bits per heavy atom. The highest BCUT2D eigenvalue weighted by atomic mass is 79.9. The van der Waals surface area contributed by atoms with Crippen LogP contribution >= 0.6 is 39.1 Å². The van der Waals surface area contributed by atoms with E-state index in [-0.39, 0.29) is 0 Å². The summed E-state index contributed by atoms with van der Waals surface area (Å²) in [5.41, 5.74) is 2.25. The van der Waals surface area contributed by atoms with E-state index in [0.717, 1.165) is 23.0 Å². The zero-order valence-corrected chi connectivity index (χ0v) is 13.8. The number of halogens is 3. The van der Waals surface area contributed by atoms with Crippen LogP contribution in [0.5, 0.6) is 0 Å².